The molecule has 2 heterocycles. The van der Waals surface area contributed by atoms with Gasteiger partial charge in [-0.2, -0.15) is 4.98 Å². The van der Waals surface area contributed by atoms with E-state index >= 15 is 0 Å². The molecule has 0 unspecified atom stereocenters. The van der Waals surface area contributed by atoms with Crippen LogP contribution in [0.4, 0.5) is 24.7 Å². The Morgan fingerprint density at radius 1 is 1.13 bits per heavy atom. The molecule has 0 fully saturated rings. The Bertz CT molecular complexity index is 1270. The summed E-state index contributed by atoms with van der Waals surface area (Å²) < 4.78 is 45.0. The molecule has 31 heavy (non-hydrogen) atoms. The van der Waals surface area contributed by atoms with Crippen molar-refractivity contribution in [2.45, 2.75) is 39.2 Å². The quantitative estimate of drug-likeness (QED) is 0.487. The highest BCUT2D eigenvalue weighted by molar-refractivity contribution is 5.94. The predicted octanol–water partition coefficient (Wildman–Crippen LogP) is 4.56. The lowest BCUT2D eigenvalue weighted by atomic mass is 9.98. The van der Waals surface area contributed by atoms with E-state index in [1.807, 2.05) is 0 Å². The molecule has 0 aliphatic rings. The summed E-state index contributed by atoms with van der Waals surface area (Å²) in [6.07, 6.45) is 2.26. The molecule has 2 aromatic heterocycles. The van der Waals surface area contributed by atoms with Crippen molar-refractivity contribution in [2.24, 2.45) is 0 Å². The average Bonchev–Trinajstić information content (AvgIpc) is 3.17. The molecule has 162 valence electrons. The van der Waals surface area contributed by atoms with Crippen molar-refractivity contribution in [3.05, 3.63) is 59.7 Å². The molecule has 0 aliphatic carbocycles. The monoisotopic (exact) mass is 429 g/mol. The van der Waals surface area contributed by atoms with Crippen LogP contribution in [-0.4, -0.2) is 36.8 Å². The number of aromatic nitrogens is 4. The predicted molar refractivity (Wildman–Crippen MR) is 112 cm³/mol. The smallest absolute Gasteiger partial charge is 0.257 e. The van der Waals surface area contributed by atoms with E-state index in [1.54, 1.807) is 31.7 Å². The molecule has 1 N–H and O–H groups in total. The van der Waals surface area contributed by atoms with E-state index in [0.29, 0.717) is 36.2 Å². The number of nitrogens with zero attached hydrogens (tertiary/aromatic N) is 5. The Hall–Kier alpha value is -3.20. The molecular weight excluding hydrogens is 407 g/mol. The Balaban J connectivity index is 1.90. The number of benzene rings is 2. The number of anilines is 2. The second-order valence-corrected chi connectivity index (χ2v) is 8.07. The first-order valence-corrected chi connectivity index (χ1v) is 9.95. The van der Waals surface area contributed by atoms with Crippen LogP contribution in [0.15, 0.2) is 36.7 Å². The number of aliphatic hydroxyl groups is 1. The second kappa shape index (κ2) is 7.81. The molecule has 4 aromatic rings. The lowest BCUT2D eigenvalue weighted by Gasteiger charge is -2.25. The van der Waals surface area contributed by atoms with E-state index in [0.717, 1.165) is 6.07 Å². The topological polar surface area (TPSA) is 66.5 Å². The fourth-order valence-electron chi connectivity index (χ4n) is 3.61. The molecule has 0 radical (unpaired) electrons. The van der Waals surface area contributed by atoms with Crippen molar-refractivity contribution < 1.29 is 18.3 Å². The number of halogens is 3. The minimum Gasteiger partial charge on any atom is -0.390 e. The van der Waals surface area contributed by atoms with Gasteiger partial charge in [0.1, 0.15) is 18.0 Å². The van der Waals surface area contributed by atoms with E-state index < -0.39 is 23.1 Å². The first-order chi connectivity index (χ1) is 14.7. The third-order valence-corrected chi connectivity index (χ3v) is 5.14. The van der Waals surface area contributed by atoms with Crippen LogP contribution in [0.25, 0.3) is 16.7 Å². The zero-order valence-corrected chi connectivity index (χ0v) is 17.4. The summed E-state index contributed by atoms with van der Waals surface area (Å²) in [5, 5.41) is 17.7. The van der Waals surface area contributed by atoms with Gasteiger partial charge in [-0.15, -0.1) is 10.2 Å². The van der Waals surface area contributed by atoms with E-state index in [9.17, 15) is 18.3 Å². The molecule has 2 aromatic carbocycles. The molecule has 6 nitrogen and oxygen atoms in total. The van der Waals surface area contributed by atoms with Crippen LogP contribution in [0, 0.1) is 17.5 Å². The summed E-state index contributed by atoms with van der Waals surface area (Å²) in [6, 6.07) is 6.95. The number of hydrogen-bond donors (Lipinski definition) is 1. The van der Waals surface area contributed by atoms with Gasteiger partial charge >= 0.3 is 0 Å². The molecular formula is C22H22F3N5O. The van der Waals surface area contributed by atoms with Crippen LogP contribution in [0.5, 0.6) is 0 Å². The maximum atomic E-state index is 14.9. The molecule has 0 spiro atoms. The van der Waals surface area contributed by atoms with Gasteiger partial charge in [0, 0.05) is 12.2 Å². The van der Waals surface area contributed by atoms with Gasteiger partial charge in [0.2, 0.25) is 0 Å². The van der Waals surface area contributed by atoms with Crippen LogP contribution in [0.1, 0.15) is 32.8 Å². The molecule has 9 heteroatoms. The normalized spacial score (nSPS) is 12.1. The Kier molecular flexibility index (Phi) is 5.30. The summed E-state index contributed by atoms with van der Waals surface area (Å²) in [7, 11) is 0. The first kappa shape index (κ1) is 21.0. The highest BCUT2D eigenvalue weighted by atomic mass is 19.2. The van der Waals surface area contributed by atoms with Gasteiger partial charge < -0.3 is 10.0 Å². The molecule has 0 aliphatic heterocycles. The summed E-state index contributed by atoms with van der Waals surface area (Å²) in [5.74, 6) is -2.20. The van der Waals surface area contributed by atoms with Crippen LogP contribution < -0.4 is 4.90 Å². The fraction of sp³-hybridized carbons (Fsp3) is 0.318. The van der Waals surface area contributed by atoms with Crippen LogP contribution >= 0.6 is 0 Å². The van der Waals surface area contributed by atoms with Crippen molar-refractivity contribution in [3.8, 4) is 0 Å². The summed E-state index contributed by atoms with van der Waals surface area (Å²) in [6.45, 7) is 5.50. The Morgan fingerprint density at radius 3 is 2.61 bits per heavy atom. The van der Waals surface area contributed by atoms with Crippen molar-refractivity contribution in [1.82, 2.24) is 19.6 Å². The highest BCUT2D eigenvalue weighted by Gasteiger charge is 2.22. The van der Waals surface area contributed by atoms with E-state index in [1.165, 1.54) is 28.9 Å². The van der Waals surface area contributed by atoms with Gasteiger partial charge in [-0.3, -0.25) is 4.40 Å². The molecule has 4 rings (SSSR count). The molecule has 0 atom stereocenters. The molecule has 0 saturated heterocycles. The Morgan fingerprint density at radius 2 is 1.90 bits per heavy atom. The van der Waals surface area contributed by atoms with E-state index in [2.05, 4.69) is 15.2 Å². The van der Waals surface area contributed by atoms with Gasteiger partial charge in [-0.25, -0.2) is 13.2 Å². The highest BCUT2D eigenvalue weighted by Crippen LogP contribution is 2.34. The van der Waals surface area contributed by atoms with E-state index in [4.69, 9.17) is 0 Å². The number of rotatable bonds is 6. The Labute approximate surface area is 177 Å². The number of aryl methyl sites for hydroxylation is 1. The van der Waals surface area contributed by atoms with Gasteiger partial charge in [-0.05, 0) is 69.5 Å². The SMILES string of the molecule is CCN(c1cc(F)cc(CCC(C)(C)O)c1)c1nc2nncn2c2ccc(F)c(F)c12. The van der Waals surface area contributed by atoms with Crippen molar-refractivity contribution in [1.29, 1.82) is 0 Å². The third-order valence-electron chi connectivity index (χ3n) is 5.14. The number of hydrogen-bond acceptors (Lipinski definition) is 5. The summed E-state index contributed by atoms with van der Waals surface area (Å²) in [5.41, 5.74) is 0.569. The average molecular weight is 429 g/mol. The largest absolute Gasteiger partial charge is 0.390 e. The lowest BCUT2D eigenvalue weighted by molar-refractivity contribution is 0.0714. The van der Waals surface area contributed by atoms with Gasteiger partial charge in [0.05, 0.1) is 16.5 Å². The first-order valence-electron chi connectivity index (χ1n) is 9.95. The van der Waals surface area contributed by atoms with Crippen LogP contribution in [0.2, 0.25) is 0 Å². The maximum Gasteiger partial charge on any atom is 0.257 e. The molecule has 0 amide bonds. The van der Waals surface area contributed by atoms with Crippen molar-refractivity contribution in [2.75, 3.05) is 11.4 Å². The minimum absolute atomic E-state index is 0.0450. The standard InChI is InChI=1S/C22H22F3N5O/c1-4-29(15-10-13(9-14(23)11-15)7-8-22(2,3)31)20-18-17(6-5-16(24)19(18)25)30-12-26-28-21(30)27-20/h5-6,9-12,31H,4,7-8H2,1-3H3. The van der Waals surface area contributed by atoms with E-state index in [-0.39, 0.29) is 17.0 Å². The second-order valence-electron chi connectivity index (χ2n) is 8.07. The van der Waals surface area contributed by atoms with Crippen molar-refractivity contribution in [3.63, 3.8) is 0 Å². The van der Waals surface area contributed by atoms with Gasteiger partial charge in [0.15, 0.2) is 11.6 Å². The molecule has 0 saturated carbocycles. The minimum atomic E-state index is -1.05. The molecule has 0 bridgehead atoms. The third kappa shape index (κ3) is 4.05. The van der Waals surface area contributed by atoms with Gasteiger partial charge in [-0.1, -0.05) is 0 Å². The number of fused-ring (bicyclic) bond motifs is 3. The van der Waals surface area contributed by atoms with Crippen molar-refractivity contribution >= 4 is 28.2 Å². The summed E-state index contributed by atoms with van der Waals surface area (Å²) in [4.78, 5) is 6.01. The lowest BCUT2D eigenvalue weighted by Crippen LogP contribution is -2.21. The van der Waals surface area contributed by atoms with Crippen LogP contribution in [0.3, 0.4) is 0 Å². The maximum absolute atomic E-state index is 14.9. The van der Waals surface area contributed by atoms with Crippen LogP contribution in [-0.2, 0) is 6.42 Å². The zero-order valence-electron chi connectivity index (χ0n) is 17.4. The fourth-order valence-corrected chi connectivity index (χ4v) is 3.61. The zero-order chi connectivity index (χ0) is 22.3. The van der Waals surface area contributed by atoms with Gasteiger partial charge in [0.25, 0.3) is 5.78 Å². The summed E-state index contributed by atoms with van der Waals surface area (Å²) >= 11 is 0.